The molecule has 9 nitrogen and oxygen atoms in total. The van der Waals surface area contributed by atoms with E-state index in [0.717, 1.165) is 29.2 Å². The summed E-state index contributed by atoms with van der Waals surface area (Å²) < 4.78 is 20.7. The maximum Gasteiger partial charge on any atom is 0.338 e. The Hall–Kier alpha value is -4.60. The van der Waals surface area contributed by atoms with Crippen molar-refractivity contribution in [3.05, 3.63) is 94.0 Å². The van der Waals surface area contributed by atoms with Gasteiger partial charge in [-0.1, -0.05) is 18.2 Å². The standard InChI is InChI=1S/C24H19FN4O5/c1-14(23(30)27-17-9-10-19(25)22(13-17)29(32)33)34-24(31)16-8-11-21-20(12-16)26-15(2)28(21)18-6-4-3-5-7-18/h3-14H,1-2H3,(H,27,30). The fourth-order valence-electron chi connectivity index (χ4n) is 3.49. The maximum absolute atomic E-state index is 13.5. The van der Waals surface area contributed by atoms with Crippen LogP contribution in [0.15, 0.2) is 66.7 Å². The monoisotopic (exact) mass is 462 g/mol. The van der Waals surface area contributed by atoms with Gasteiger partial charge in [-0.15, -0.1) is 0 Å². The van der Waals surface area contributed by atoms with E-state index in [4.69, 9.17) is 4.74 Å². The molecule has 34 heavy (non-hydrogen) atoms. The number of hydrogen-bond donors (Lipinski definition) is 1. The molecule has 0 aliphatic heterocycles. The van der Waals surface area contributed by atoms with E-state index >= 15 is 0 Å². The van der Waals surface area contributed by atoms with E-state index in [1.807, 2.05) is 41.8 Å². The Kier molecular flexibility index (Phi) is 6.05. The van der Waals surface area contributed by atoms with Crippen molar-refractivity contribution < 1.29 is 23.6 Å². The zero-order chi connectivity index (χ0) is 24.4. The Bertz CT molecular complexity index is 1420. The van der Waals surface area contributed by atoms with E-state index < -0.39 is 34.4 Å². The van der Waals surface area contributed by atoms with E-state index in [0.29, 0.717) is 5.52 Å². The molecule has 0 aliphatic rings. The van der Waals surface area contributed by atoms with Gasteiger partial charge in [-0.25, -0.2) is 9.78 Å². The predicted octanol–water partition coefficient (Wildman–Crippen LogP) is 4.57. The molecule has 0 fully saturated rings. The lowest BCUT2D eigenvalue weighted by molar-refractivity contribution is -0.387. The molecule has 0 spiro atoms. The molecule has 0 saturated heterocycles. The molecule has 1 N–H and O–H groups in total. The molecule has 0 radical (unpaired) electrons. The molecule has 3 aromatic carbocycles. The van der Waals surface area contributed by atoms with Crippen molar-refractivity contribution in [1.82, 2.24) is 9.55 Å². The van der Waals surface area contributed by atoms with Crippen molar-refractivity contribution in [1.29, 1.82) is 0 Å². The lowest BCUT2D eigenvalue weighted by atomic mass is 10.2. The molecule has 1 unspecified atom stereocenters. The third-order valence-corrected chi connectivity index (χ3v) is 5.14. The summed E-state index contributed by atoms with van der Waals surface area (Å²) in [5, 5.41) is 13.2. The summed E-state index contributed by atoms with van der Waals surface area (Å²) in [5.41, 5.74) is 1.77. The minimum atomic E-state index is -1.21. The number of benzene rings is 3. The minimum Gasteiger partial charge on any atom is -0.449 e. The third-order valence-electron chi connectivity index (χ3n) is 5.14. The summed E-state index contributed by atoms with van der Waals surface area (Å²) in [6, 6.07) is 17.5. The molecule has 172 valence electrons. The number of rotatable bonds is 6. The molecular weight excluding hydrogens is 443 g/mol. The number of nitrogens with one attached hydrogen (secondary N) is 1. The molecule has 0 saturated carbocycles. The van der Waals surface area contributed by atoms with Gasteiger partial charge in [0.1, 0.15) is 5.82 Å². The Morgan fingerprint density at radius 2 is 1.85 bits per heavy atom. The van der Waals surface area contributed by atoms with E-state index in [1.165, 1.54) is 13.0 Å². The predicted molar refractivity (Wildman–Crippen MR) is 122 cm³/mol. The number of carbonyl (C=O) groups is 2. The topological polar surface area (TPSA) is 116 Å². The van der Waals surface area contributed by atoms with Gasteiger partial charge in [-0.2, -0.15) is 4.39 Å². The first-order valence-electron chi connectivity index (χ1n) is 10.2. The quantitative estimate of drug-likeness (QED) is 0.255. The number of nitrogens with zero attached hydrogens (tertiary/aromatic N) is 3. The highest BCUT2D eigenvalue weighted by Gasteiger charge is 2.22. The van der Waals surface area contributed by atoms with Crippen molar-refractivity contribution >= 4 is 34.3 Å². The molecule has 4 aromatic rings. The van der Waals surface area contributed by atoms with Gasteiger partial charge in [-0.3, -0.25) is 19.5 Å². The number of ether oxygens (including phenoxy) is 1. The van der Waals surface area contributed by atoms with E-state index in [2.05, 4.69) is 10.3 Å². The van der Waals surface area contributed by atoms with Crippen LogP contribution >= 0.6 is 0 Å². The molecule has 0 bridgehead atoms. The molecule has 1 atom stereocenters. The Morgan fingerprint density at radius 1 is 1.12 bits per heavy atom. The smallest absolute Gasteiger partial charge is 0.338 e. The zero-order valence-electron chi connectivity index (χ0n) is 18.2. The van der Waals surface area contributed by atoms with Gasteiger partial charge in [-0.05, 0) is 56.3 Å². The number of halogens is 1. The number of carbonyl (C=O) groups excluding carboxylic acids is 2. The van der Waals surface area contributed by atoms with Crippen LogP contribution in [0, 0.1) is 22.9 Å². The third kappa shape index (κ3) is 4.46. The summed E-state index contributed by atoms with van der Waals surface area (Å²) in [4.78, 5) is 39.5. The number of nitro groups is 1. The molecule has 1 aromatic heterocycles. The van der Waals surface area contributed by atoms with Gasteiger partial charge >= 0.3 is 11.7 Å². The number of aryl methyl sites for hydroxylation is 1. The molecule has 1 heterocycles. The van der Waals surface area contributed by atoms with Gasteiger partial charge in [0.2, 0.25) is 5.82 Å². The van der Waals surface area contributed by atoms with Crippen molar-refractivity contribution in [2.24, 2.45) is 0 Å². The SMILES string of the molecule is Cc1nc2cc(C(=O)OC(C)C(=O)Nc3ccc(F)c([N+](=O)[O-])c3)ccc2n1-c1ccccc1. The fourth-order valence-corrected chi connectivity index (χ4v) is 3.49. The summed E-state index contributed by atoms with van der Waals surface area (Å²) in [5.74, 6) is -1.74. The van der Waals surface area contributed by atoms with Gasteiger partial charge in [0.05, 0.1) is 21.5 Å². The second kappa shape index (κ2) is 9.10. The number of imidazole rings is 1. The summed E-state index contributed by atoms with van der Waals surface area (Å²) in [6.07, 6.45) is -1.21. The van der Waals surface area contributed by atoms with E-state index in [9.17, 15) is 24.1 Å². The number of fused-ring (bicyclic) bond motifs is 1. The summed E-state index contributed by atoms with van der Waals surface area (Å²) >= 11 is 0. The molecule has 10 heteroatoms. The highest BCUT2D eigenvalue weighted by Crippen LogP contribution is 2.24. The largest absolute Gasteiger partial charge is 0.449 e. The molecular formula is C24H19FN4O5. The second-order valence-corrected chi connectivity index (χ2v) is 7.49. The lowest BCUT2D eigenvalue weighted by Crippen LogP contribution is -2.30. The molecule has 0 aliphatic carbocycles. The number of esters is 1. The van der Waals surface area contributed by atoms with Crippen LogP contribution < -0.4 is 5.32 Å². The average molecular weight is 462 g/mol. The lowest BCUT2D eigenvalue weighted by Gasteiger charge is -2.14. The van der Waals surface area contributed by atoms with Crippen LogP contribution in [0.1, 0.15) is 23.1 Å². The molecule has 1 amide bonds. The van der Waals surface area contributed by atoms with E-state index in [-0.39, 0.29) is 11.3 Å². The number of hydrogen-bond acceptors (Lipinski definition) is 6. The number of amides is 1. The second-order valence-electron chi connectivity index (χ2n) is 7.49. The van der Waals surface area contributed by atoms with Crippen LogP contribution in [-0.2, 0) is 9.53 Å². The van der Waals surface area contributed by atoms with Crippen molar-refractivity contribution in [2.45, 2.75) is 20.0 Å². The van der Waals surface area contributed by atoms with Gasteiger partial charge < -0.3 is 10.1 Å². The van der Waals surface area contributed by atoms with E-state index in [1.54, 1.807) is 18.2 Å². The first-order chi connectivity index (χ1) is 16.2. The van der Waals surface area contributed by atoms with Crippen LogP contribution in [0.25, 0.3) is 16.7 Å². The van der Waals surface area contributed by atoms with Crippen LogP contribution in [-0.4, -0.2) is 32.5 Å². The van der Waals surface area contributed by atoms with Crippen molar-refractivity contribution in [3.8, 4) is 5.69 Å². The summed E-state index contributed by atoms with van der Waals surface area (Å²) in [6.45, 7) is 3.22. The van der Waals surface area contributed by atoms with Crippen LogP contribution in [0.5, 0.6) is 0 Å². The number of aromatic nitrogens is 2. The van der Waals surface area contributed by atoms with Gasteiger partial charge in [0.25, 0.3) is 5.91 Å². The first-order valence-corrected chi connectivity index (χ1v) is 10.2. The van der Waals surface area contributed by atoms with Gasteiger partial charge in [0, 0.05) is 17.4 Å². The number of anilines is 1. The number of nitro benzene ring substituents is 1. The van der Waals surface area contributed by atoms with Crippen LogP contribution in [0.4, 0.5) is 15.8 Å². The highest BCUT2D eigenvalue weighted by molar-refractivity contribution is 5.98. The normalized spacial score (nSPS) is 11.7. The Morgan fingerprint density at radius 3 is 2.56 bits per heavy atom. The van der Waals surface area contributed by atoms with Crippen molar-refractivity contribution in [3.63, 3.8) is 0 Å². The maximum atomic E-state index is 13.5. The Labute approximate surface area is 192 Å². The van der Waals surface area contributed by atoms with Crippen LogP contribution in [0.3, 0.4) is 0 Å². The Balaban J connectivity index is 1.49. The van der Waals surface area contributed by atoms with Crippen LogP contribution in [0.2, 0.25) is 0 Å². The molecule has 4 rings (SSSR count). The minimum absolute atomic E-state index is 0.00402. The zero-order valence-corrected chi connectivity index (χ0v) is 18.2. The summed E-state index contributed by atoms with van der Waals surface area (Å²) in [7, 11) is 0. The highest BCUT2D eigenvalue weighted by atomic mass is 19.1. The number of para-hydroxylation sites is 1. The van der Waals surface area contributed by atoms with Crippen molar-refractivity contribution in [2.75, 3.05) is 5.32 Å². The van der Waals surface area contributed by atoms with Gasteiger partial charge in [0.15, 0.2) is 6.10 Å². The fraction of sp³-hybridized carbons (Fsp3) is 0.125. The first kappa shape index (κ1) is 22.6. The average Bonchev–Trinajstić information content (AvgIpc) is 3.15.